The standard InChI is InChI=1S/C10H11ClN2O2S/c11-7-3-1-2-6(4-7)5-8(9(14)15)13-10(12)16/h1-4,8H,5H2,(H,14,15)(H3,12,13,16)/t8-/m0/s1. The molecule has 0 amide bonds. The minimum atomic E-state index is -1.01. The molecule has 6 heteroatoms. The summed E-state index contributed by atoms with van der Waals surface area (Å²) in [6.07, 6.45) is 0.271. The normalized spacial score (nSPS) is 11.8. The van der Waals surface area contributed by atoms with Crippen LogP contribution in [-0.4, -0.2) is 22.2 Å². The van der Waals surface area contributed by atoms with E-state index in [1.165, 1.54) is 0 Å². The number of aliphatic carboxylic acids is 1. The molecular weight excluding hydrogens is 248 g/mol. The van der Waals surface area contributed by atoms with Gasteiger partial charge < -0.3 is 16.2 Å². The van der Waals surface area contributed by atoms with E-state index in [4.69, 9.17) is 22.4 Å². The zero-order valence-electron chi connectivity index (χ0n) is 8.31. The Kier molecular flexibility index (Phi) is 4.52. The van der Waals surface area contributed by atoms with Gasteiger partial charge in [0.25, 0.3) is 0 Å². The largest absolute Gasteiger partial charge is 0.480 e. The molecule has 0 aliphatic heterocycles. The first kappa shape index (κ1) is 12.7. The second-order valence-corrected chi connectivity index (χ2v) is 4.11. The van der Waals surface area contributed by atoms with Crippen molar-refractivity contribution in [2.24, 2.45) is 5.73 Å². The molecular formula is C10H11ClN2O2S. The van der Waals surface area contributed by atoms with E-state index in [-0.39, 0.29) is 11.5 Å². The van der Waals surface area contributed by atoms with E-state index in [1.54, 1.807) is 24.3 Å². The number of carboxylic acids is 1. The highest BCUT2D eigenvalue weighted by Gasteiger charge is 2.17. The third kappa shape index (κ3) is 4.04. The topological polar surface area (TPSA) is 75.3 Å². The Morgan fingerprint density at radius 3 is 2.81 bits per heavy atom. The number of rotatable bonds is 4. The average Bonchev–Trinajstić information content (AvgIpc) is 2.15. The van der Waals surface area contributed by atoms with Gasteiger partial charge in [0.15, 0.2) is 5.11 Å². The zero-order chi connectivity index (χ0) is 12.1. The summed E-state index contributed by atoms with van der Waals surface area (Å²) in [5.74, 6) is -1.01. The van der Waals surface area contributed by atoms with E-state index < -0.39 is 12.0 Å². The summed E-state index contributed by atoms with van der Waals surface area (Å²) in [6, 6.07) is 6.15. The van der Waals surface area contributed by atoms with E-state index in [0.29, 0.717) is 5.02 Å². The van der Waals surface area contributed by atoms with Crippen molar-refractivity contribution in [2.45, 2.75) is 12.5 Å². The molecule has 0 fully saturated rings. The van der Waals surface area contributed by atoms with Crippen molar-refractivity contribution in [3.8, 4) is 0 Å². The summed E-state index contributed by atoms with van der Waals surface area (Å²) in [6.45, 7) is 0. The third-order valence-electron chi connectivity index (χ3n) is 1.94. The van der Waals surface area contributed by atoms with Crippen LogP contribution in [0.15, 0.2) is 24.3 Å². The van der Waals surface area contributed by atoms with Crippen LogP contribution in [0.3, 0.4) is 0 Å². The molecule has 4 N–H and O–H groups in total. The lowest BCUT2D eigenvalue weighted by molar-refractivity contribution is -0.139. The summed E-state index contributed by atoms with van der Waals surface area (Å²) in [5, 5.41) is 12.0. The van der Waals surface area contributed by atoms with Gasteiger partial charge in [-0.05, 0) is 29.9 Å². The Hall–Kier alpha value is -1.33. The molecule has 0 heterocycles. The maximum Gasteiger partial charge on any atom is 0.326 e. The van der Waals surface area contributed by atoms with E-state index in [0.717, 1.165) is 5.56 Å². The first-order chi connectivity index (χ1) is 7.49. The number of halogens is 1. The lowest BCUT2D eigenvalue weighted by Crippen LogP contribution is -2.44. The fourth-order valence-corrected chi connectivity index (χ4v) is 1.63. The molecule has 0 aromatic heterocycles. The predicted octanol–water partition coefficient (Wildman–Crippen LogP) is 1.17. The maximum atomic E-state index is 10.9. The van der Waals surface area contributed by atoms with Crippen molar-refractivity contribution < 1.29 is 9.90 Å². The number of carboxylic acid groups (broad SMARTS) is 1. The monoisotopic (exact) mass is 258 g/mol. The zero-order valence-corrected chi connectivity index (χ0v) is 9.89. The molecule has 0 bridgehead atoms. The first-order valence-corrected chi connectivity index (χ1v) is 5.31. The van der Waals surface area contributed by atoms with Crippen LogP contribution in [0.25, 0.3) is 0 Å². The molecule has 86 valence electrons. The van der Waals surface area contributed by atoms with Gasteiger partial charge in [-0.3, -0.25) is 0 Å². The third-order valence-corrected chi connectivity index (χ3v) is 2.30. The average molecular weight is 259 g/mol. The molecule has 1 atom stereocenters. The molecule has 4 nitrogen and oxygen atoms in total. The second-order valence-electron chi connectivity index (χ2n) is 3.23. The molecule has 0 aliphatic rings. The molecule has 1 aromatic carbocycles. The van der Waals surface area contributed by atoms with Crippen LogP contribution in [0, 0.1) is 0 Å². The molecule has 0 aliphatic carbocycles. The van der Waals surface area contributed by atoms with Crippen LogP contribution < -0.4 is 11.1 Å². The smallest absolute Gasteiger partial charge is 0.326 e. The Labute approximate surface area is 103 Å². The van der Waals surface area contributed by atoms with Gasteiger partial charge in [-0.25, -0.2) is 4.79 Å². The number of carbonyl (C=O) groups is 1. The molecule has 0 spiro atoms. The van der Waals surface area contributed by atoms with Crippen molar-refractivity contribution in [3.05, 3.63) is 34.9 Å². The van der Waals surface area contributed by atoms with Crippen LogP contribution in [-0.2, 0) is 11.2 Å². The number of hydrogen-bond donors (Lipinski definition) is 3. The van der Waals surface area contributed by atoms with Crippen molar-refractivity contribution in [1.29, 1.82) is 0 Å². The van der Waals surface area contributed by atoms with Gasteiger partial charge in [-0.1, -0.05) is 23.7 Å². The van der Waals surface area contributed by atoms with Gasteiger partial charge >= 0.3 is 5.97 Å². The van der Waals surface area contributed by atoms with Gasteiger partial charge in [-0.2, -0.15) is 0 Å². The van der Waals surface area contributed by atoms with Gasteiger partial charge in [0.1, 0.15) is 6.04 Å². The SMILES string of the molecule is NC(=S)N[C@@H](Cc1cccc(Cl)c1)C(=O)O. The van der Waals surface area contributed by atoms with Crippen LogP contribution in [0.1, 0.15) is 5.56 Å². The molecule has 0 saturated heterocycles. The minimum Gasteiger partial charge on any atom is -0.480 e. The second kappa shape index (κ2) is 5.67. The predicted molar refractivity (Wildman–Crippen MR) is 66.5 cm³/mol. The lowest BCUT2D eigenvalue weighted by atomic mass is 10.1. The summed E-state index contributed by atoms with van der Waals surface area (Å²) >= 11 is 10.4. The molecule has 0 unspecified atom stereocenters. The molecule has 0 saturated carbocycles. The quantitative estimate of drug-likeness (QED) is 0.707. The number of nitrogens with one attached hydrogen (secondary N) is 1. The fourth-order valence-electron chi connectivity index (χ4n) is 1.27. The molecule has 1 rings (SSSR count). The highest BCUT2D eigenvalue weighted by atomic mass is 35.5. The Morgan fingerprint density at radius 1 is 1.62 bits per heavy atom. The first-order valence-electron chi connectivity index (χ1n) is 4.52. The van der Waals surface area contributed by atoms with Crippen molar-refractivity contribution >= 4 is 34.9 Å². The molecule has 0 radical (unpaired) electrons. The van der Waals surface area contributed by atoms with E-state index in [1.807, 2.05) is 0 Å². The maximum absolute atomic E-state index is 10.9. The van der Waals surface area contributed by atoms with E-state index in [2.05, 4.69) is 17.5 Å². The number of thiocarbonyl (C=S) groups is 1. The van der Waals surface area contributed by atoms with Gasteiger partial charge in [0, 0.05) is 11.4 Å². The van der Waals surface area contributed by atoms with Gasteiger partial charge in [-0.15, -0.1) is 0 Å². The summed E-state index contributed by atoms with van der Waals surface area (Å²) in [5.41, 5.74) is 6.05. The molecule has 1 aromatic rings. The van der Waals surface area contributed by atoms with E-state index in [9.17, 15) is 4.79 Å². The van der Waals surface area contributed by atoms with Crippen molar-refractivity contribution in [3.63, 3.8) is 0 Å². The highest BCUT2D eigenvalue weighted by molar-refractivity contribution is 7.80. The van der Waals surface area contributed by atoms with Gasteiger partial charge in [0.2, 0.25) is 0 Å². The molecule has 16 heavy (non-hydrogen) atoms. The van der Waals surface area contributed by atoms with Crippen LogP contribution in [0.4, 0.5) is 0 Å². The van der Waals surface area contributed by atoms with Crippen molar-refractivity contribution in [2.75, 3.05) is 0 Å². The minimum absolute atomic E-state index is 0.0329. The van der Waals surface area contributed by atoms with Crippen LogP contribution in [0.5, 0.6) is 0 Å². The summed E-state index contributed by atoms with van der Waals surface area (Å²) in [7, 11) is 0. The van der Waals surface area contributed by atoms with Crippen molar-refractivity contribution in [1.82, 2.24) is 5.32 Å². The lowest BCUT2D eigenvalue weighted by Gasteiger charge is -2.14. The Morgan fingerprint density at radius 2 is 2.31 bits per heavy atom. The van der Waals surface area contributed by atoms with Crippen LogP contribution >= 0.6 is 23.8 Å². The highest BCUT2D eigenvalue weighted by Crippen LogP contribution is 2.12. The Bertz CT molecular complexity index is 412. The number of benzene rings is 1. The van der Waals surface area contributed by atoms with Crippen LogP contribution in [0.2, 0.25) is 5.02 Å². The number of hydrogen-bond acceptors (Lipinski definition) is 2. The fraction of sp³-hybridized carbons (Fsp3) is 0.200. The Balaban J connectivity index is 2.75. The van der Waals surface area contributed by atoms with E-state index >= 15 is 0 Å². The summed E-state index contributed by atoms with van der Waals surface area (Å²) in [4.78, 5) is 10.9. The van der Waals surface area contributed by atoms with Gasteiger partial charge in [0.05, 0.1) is 0 Å². The summed E-state index contributed by atoms with van der Waals surface area (Å²) < 4.78 is 0. The number of nitrogens with two attached hydrogens (primary N) is 1.